The maximum absolute atomic E-state index is 11.1. The third-order valence-corrected chi connectivity index (χ3v) is 8.32. The van der Waals surface area contributed by atoms with E-state index in [-0.39, 0.29) is 11.2 Å². The third kappa shape index (κ3) is 5.27. The molecule has 0 bridgehead atoms. The number of aryl methyl sites for hydroxylation is 1. The van der Waals surface area contributed by atoms with Crippen molar-refractivity contribution in [3.63, 3.8) is 0 Å². The predicted octanol–water partition coefficient (Wildman–Crippen LogP) is 9.80. The number of fused-ring (bicyclic) bond motifs is 1. The van der Waals surface area contributed by atoms with Crippen LogP contribution in [0.3, 0.4) is 0 Å². The number of nitrogens with zero attached hydrogens (tertiary/aromatic N) is 4. The Balaban J connectivity index is 1.41. The first-order valence-electron chi connectivity index (χ1n) is 15.2. The maximum Gasteiger partial charge on any atom is 0.165 e. The van der Waals surface area contributed by atoms with Crippen LogP contribution in [0, 0.1) is 6.92 Å². The number of hydrogen-bond acceptors (Lipinski definition) is 4. The number of aromatic nitrogens is 4. The normalized spacial score (nSPS) is 11.6. The lowest BCUT2D eigenvalue weighted by Crippen LogP contribution is -2.11. The summed E-state index contributed by atoms with van der Waals surface area (Å²) in [5, 5.41) is 11.1. The van der Waals surface area contributed by atoms with Crippen molar-refractivity contribution in [1.29, 1.82) is 0 Å². The molecule has 7 rings (SSSR count). The van der Waals surface area contributed by atoms with Crippen LogP contribution in [0.4, 0.5) is 0 Å². The summed E-state index contributed by atoms with van der Waals surface area (Å²) in [5.41, 5.74) is 11.5. The molecule has 1 N–H and O–H groups in total. The van der Waals surface area contributed by atoms with Crippen LogP contribution in [0.1, 0.15) is 31.9 Å². The number of phenols is 1. The molecule has 0 fully saturated rings. The number of rotatable bonds is 5. The first-order valence-corrected chi connectivity index (χ1v) is 15.2. The second-order valence-corrected chi connectivity index (χ2v) is 12.5. The summed E-state index contributed by atoms with van der Waals surface area (Å²) in [6.45, 7) is 8.60. The Bertz CT molecular complexity index is 2160. The fourth-order valence-corrected chi connectivity index (χ4v) is 5.85. The second-order valence-electron chi connectivity index (χ2n) is 12.5. The van der Waals surface area contributed by atoms with Gasteiger partial charge in [-0.2, -0.15) is 0 Å². The van der Waals surface area contributed by atoms with E-state index in [1.165, 1.54) is 11.1 Å². The summed E-state index contributed by atoms with van der Waals surface area (Å²) in [7, 11) is 0. The Morgan fingerprint density at radius 3 is 2.11 bits per heavy atom. The van der Waals surface area contributed by atoms with E-state index in [1.54, 1.807) is 6.07 Å². The van der Waals surface area contributed by atoms with Crippen molar-refractivity contribution in [2.75, 3.05) is 0 Å². The van der Waals surface area contributed by atoms with Gasteiger partial charge in [-0.3, -0.25) is 9.55 Å². The van der Waals surface area contributed by atoms with E-state index in [0.29, 0.717) is 11.4 Å². The quantitative estimate of drug-likeness (QED) is 0.218. The van der Waals surface area contributed by atoms with Crippen molar-refractivity contribution in [3.05, 3.63) is 139 Å². The fraction of sp³-hybridized carbons (Fsp3) is 0.125. The molecule has 5 nitrogen and oxygen atoms in total. The maximum atomic E-state index is 11.1. The summed E-state index contributed by atoms with van der Waals surface area (Å²) >= 11 is 0. The minimum Gasteiger partial charge on any atom is -0.507 e. The van der Waals surface area contributed by atoms with Crippen LogP contribution in [-0.2, 0) is 5.41 Å². The van der Waals surface area contributed by atoms with Gasteiger partial charge in [-0.05, 0) is 82.6 Å². The van der Waals surface area contributed by atoms with Crippen molar-refractivity contribution in [1.82, 2.24) is 19.5 Å². The Morgan fingerprint density at radius 1 is 0.644 bits per heavy atom. The molecule has 3 aromatic heterocycles. The topological polar surface area (TPSA) is 63.8 Å². The van der Waals surface area contributed by atoms with E-state index >= 15 is 0 Å². The molecule has 0 unspecified atom stereocenters. The largest absolute Gasteiger partial charge is 0.507 e. The molecule has 0 atom stereocenters. The van der Waals surface area contributed by atoms with Crippen molar-refractivity contribution in [2.24, 2.45) is 0 Å². The monoisotopic (exact) mass is 586 g/mol. The van der Waals surface area contributed by atoms with Gasteiger partial charge in [-0.1, -0.05) is 93.6 Å². The average Bonchev–Trinajstić information content (AvgIpc) is 3.45. The molecule has 0 aliphatic rings. The number of hydrogen-bond donors (Lipinski definition) is 1. The van der Waals surface area contributed by atoms with Gasteiger partial charge in [0.1, 0.15) is 11.3 Å². The zero-order valence-corrected chi connectivity index (χ0v) is 25.9. The van der Waals surface area contributed by atoms with Crippen LogP contribution in [0.5, 0.6) is 5.75 Å². The lowest BCUT2D eigenvalue weighted by atomic mass is 9.86. The van der Waals surface area contributed by atoms with Crippen LogP contribution in [0.25, 0.3) is 61.8 Å². The highest BCUT2D eigenvalue weighted by atomic mass is 16.3. The molecule has 5 heteroatoms. The number of pyridine rings is 2. The number of para-hydroxylation sites is 1. The van der Waals surface area contributed by atoms with Gasteiger partial charge < -0.3 is 5.11 Å². The second kappa shape index (κ2) is 11.2. The summed E-state index contributed by atoms with van der Waals surface area (Å²) in [6.07, 6.45) is 3.78. The molecule has 0 radical (unpaired) electrons. The lowest BCUT2D eigenvalue weighted by Gasteiger charge is -2.20. The van der Waals surface area contributed by atoms with Gasteiger partial charge in [-0.25, -0.2) is 9.97 Å². The zero-order chi connectivity index (χ0) is 31.1. The number of benzene rings is 4. The van der Waals surface area contributed by atoms with Crippen LogP contribution in [0.15, 0.2) is 128 Å². The predicted molar refractivity (Wildman–Crippen MR) is 184 cm³/mol. The van der Waals surface area contributed by atoms with Gasteiger partial charge >= 0.3 is 0 Å². The zero-order valence-electron chi connectivity index (χ0n) is 25.9. The van der Waals surface area contributed by atoms with Gasteiger partial charge in [0, 0.05) is 29.2 Å². The smallest absolute Gasteiger partial charge is 0.165 e. The number of phenolic OH excluding ortho intramolecular Hbond substituents is 1. The Morgan fingerprint density at radius 2 is 1.36 bits per heavy atom. The van der Waals surface area contributed by atoms with E-state index in [0.717, 1.165) is 50.4 Å². The van der Waals surface area contributed by atoms with E-state index in [4.69, 9.17) is 15.0 Å². The molecule has 7 aromatic rings. The molecule has 220 valence electrons. The molecule has 0 spiro atoms. The summed E-state index contributed by atoms with van der Waals surface area (Å²) in [5.74, 6) is 0.822. The number of imidazole rings is 1. The highest BCUT2D eigenvalue weighted by molar-refractivity contribution is 5.94. The molecule has 3 heterocycles. The van der Waals surface area contributed by atoms with Crippen molar-refractivity contribution < 1.29 is 5.11 Å². The highest BCUT2D eigenvalue weighted by Gasteiger charge is 2.23. The minimum atomic E-state index is -0.0969. The molecule has 45 heavy (non-hydrogen) atoms. The van der Waals surface area contributed by atoms with E-state index in [1.807, 2.05) is 71.6 Å². The van der Waals surface area contributed by atoms with Crippen LogP contribution in [-0.4, -0.2) is 24.6 Å². The number of aromatic hydroxyl groups is 1. The highest BCUT2D eigenvalue weighted by Crippen LogP contribution is 2.39. The van der Waals surface area contributed by atoms with Gasteiger partial charge in [-0.15, -0.1) is 0 Å². The first-order chi connectivity index (χ1) is 21.8. The van der Waals surface area contributed by atoms with E-state index < -0.39 is 0 Å². The van der Waals surface area contributed by atoms with Crippen LogP contribution in [0.2, 0.25) is 0 Å². The summed E-state index contributed by atoms with van der Waals surface area (Å²) < 4.78 is 2.04. The van der Waals surface area contributed by atoms with E-state index in [9.17, 15) is 5.11 Å². The van der Waals surface area contributed by atoms with Gasteiger partial charge in [0.05, 0.1) is 11.3 Å². The minimum absolute atomic E-state index is 0.0969. The molecule has 0 saturated heterocycles. The average molecular weight is 587 g/mol. The van der Waals surface area contributed by atoms with Crippen LogP contribution >= 0.6 is 0 Å². The molecule has 4 aromatic carbocycles. The van der Waals surface area contributed by atoms with Gasteiger partial charge in [0.25, 0.3) is 0 Å². The Labute approximate surface area is 263 Å². The molecule has 0 aliphatic carbocycles. The molecular weight excluding hydrogens is 552 g/mol. The molecular formula is C40H34N4O. The first kappa shape index (κ1) is 28.2. The molecule has 0 aliphatic heterocycles. The lowest BCUT2D eigenvalue weighted by molar-refractivity contribution is 0.475. The third-order valence-electron chi connectivity index (χ3n) is 8.32. The van der Waals surface area contributed by atoms with Gasteiger partial charge in [0.2, 0.25) is 0 Å². The molecule has 0 saturated carbocycles. The Kier molecular flexibility index (Phi) is 7.01. The Hall–Kier alpha value is -5.55. The standard InChI is InChI=1S/C40H34N4O/c1-26-25-42-35(24-33(26)27-12-7-5-8-13-27)29-15-11-14-28(22-29)32-20-21-41-39-37(32)43-38(44(39)31-16-9-6-10-17-31)34-23-30(40(2,3)4)18-19-36(34)45/h5-25,45H,1-4H3. The molecule has 0 amide bonds. The SMILES string of the molecule is Cc1cnc(-c2cccc(-c3ccnc4c3nc(-c3cc(C(C)(C)C)ccc3O)n4-c3ccccc3)c2)cc1-c1ccccc1. The fourth-order valence-electron chi connectivity index (χ4n) is 5.85. The van der Waals surface area contributed by atoms with Crippen LogP contribution < -0.4 is 0 Å². The van der Waals surface area contributed by atoms with Crippen molar-refractivity contribution in [2.45, 2.75) is 33.1 Å². The van der Waals surface area contributed by atoms with Crippen molar-refractivity contribution >= 4 is 11.2 Å². The van der Waals surface area contributed by atoms with Crippen molar-refractivity contribution in [3.8, 4) is 56.3 Å². The van der Waals surface area contributed by atoms with Gasteiger partial charge in [0.15, 0.2) is 11.5 Å². The summed E-state index contributed by atoms with van der Waals surface area (Å²) in [6, 6.07) is 38.9. The van der Waals surface area contributed by atoms with E-state index in [2.05, 4.69) is 82.3 Å². The summed E-state index contributed by atoms with van der Waals surface area (Å²) in [4.78, 5) is 14.9.